The zero-order valence-electron chi connectivity index (χ0n) is 8.56. The van der Waals surface area contributed by atoms with E-state index < -0.39 is 16.0 Å². The molecule has 0 amide bonds. The smallest absolute Gasteiger partial charge is 0.276 e. The molecular formula is C7H16N2O4S. The van der Waals surface area contributed by atoms with Crippen molar-refractivity contribution < 1.29 is 17.9 Å². The summed E-state index contributed by atoms with van der Waals surface area (Å²) in [7, 11) is -2.22. The van der Waals surface area contributed by atoms with Crippen LogP contribution >= 0.6 is 0 Å². The Labute approximate surface area is 84.1 Å². The lowest BCUT2D eigenvalue weighted by Gasteiger charge is -2.20. The summed E-state index contributed by atoms with van der Waals surface area (Å²) in [4.78, 5) is 0. The number of ether oxygens (including phenoxy) is 2. The summed E-state index contributed by atoms with van der Waals surface area (Å²) >= 11 is 0. The molecule has 14 heavy (non-hydrogen) atoms. The Bertz CT molecular complexity index is 301. The molecule has 1 aliphatic heterocycles. The van der Waals surface area contributed by atoms with E-state index in [-0.39, 0.29) is 12.6 Å². The topological polar surface area (TPSA) is 81.9 Å². The van der Waals surface area contributed by atoms with Crippen LogP contribution in [-0.4, -0.2) is 44.8 Å². The van der Waals surface area contributed by atoms with Gasteiger partial charge in [0.15, 0.2) is 5.79 Å². The maximum absolute atomic E-state index is 10.9. The summed E-state index contributed by atoms with van der Waals surface area (Å²) in [5.41, 5.74) is 0. The van der Waals surface area contributed by atoms with Gasteiger partial charge in [-0.1, -0.05) is 0 Å². The minimum absolute atomic E-state index is 0.211. The van der Waals surface area contributed by atoms with Crippen molar-refractivity contribution >= 4 is 10.2 Å². The third-order valence-electron chi connectivity index (χ3n) is 1.96. The third kappa shape index (κ3) is 3.18. The van der Waals surface area contributed by atoms with Gasteiger partial charge in [0.05, 0.1) is 12.7 Å². The van der Waals surface area contributed by atoms with Gasteiger partial charge in [-0.25, -0.2) is 5.14 Å². The lowest BCUT2D eigenvalue weighted by molar-refractivity contribution is -0.138. The molecule has 0 aromatic carbocycles. The predicted molar refractivity (Wildman–Crippen MR) is 50.6 cm³/mol. The van der Waals surface area contributed by atoms with Crippen molar-refractivity contribution in [1.82, 2.24) is 4.31 Å². The van der Waals surface area contributed by atoms with E-state index in [0.29, 0.717) is 6.61 Å². The Balaban J connectivity index is 2.48. The molecule has 0 aromatic heterocycles. The molecule has 6 nitrogen and oxygen atoms in total. The van der Waals surface area contributed by atoms with E-state index in [1.165, 1.54) is 7.05 Å². The fraction of sp³-hybridized carbons (Fsp3) is 1.00. The predicted octanol–water partition coefficient (Wildman–Crippen LogP) is -0.727. The van der Waals surface area contributed by atoms with Crippen molar-refractivity contribution in [3.8, 4) is 0 Å². The number of nitrogens with zero attached hydrogens (tertiary/aromatic N) is 1. The van der Waals surface area contributed by atoms with Gasteiger partial charge in [0.25, 0.3) is 10.2 Å². The van der Waals surface area contributed by atoms with Crippen LogP contribution in [0.4, 0.5) is 0 Å². The molecule has 0 aromatic rings. The summed E-state index contributed by atoms with van der Waals surface area (Å²) in [6.07, 6.45) is -0.256. The molecule has 0 radical (unpaired) electrons. The third-order valence-corrected chi connectivity index (χ3v) is 2.98. The van der Waals surface area contributed by atoms with Gasteiger partial charge in [-0.2, -0.15) is 12.7 Å². The quantitative estimate of drug-likeness (QED) is 0.685. The minimum atomic E-state index is -3.63. The van der Waals surface area contributed by atoms with Crippen LogP contribution in [0.25, 0.3) is 0 Å². The van der Waals surface area contributed by atoms with E-state index in [2.05, 4.69) is 0 Å². The minimum Gasteiger partial charge on any atom is -0.348 e. The standard InChI is InChI=1S/C7H16N2O4S/c1-7(2)12-5-6(13-7)4-9(3)14(8,10)11/h6H,4-5H2,1-3H3,(H2,8,10,11). The second-order valence-corrected chi connectivity index (χ2v) is 5.43. The Morgan fingerprint density at radius 2 is 2.14 bits per heavy atom. The summed E-state index contributed by atoms with van der Waals surface area (Å²) in [6, 6.07) is 0. The summed E-state index contributed by atoms with van der Waals surface area (Å²) < 4.78 is 33.5. The zero-order chi connectivity index (χ0) is 11.0. The number of likely N-dealkylation sites (N-methyl/N-ethyl adjacent to an activating group) is 1. The molecule has 0 bridgehead atoms. The van der Waals surface area contributed by atoms with Gasteiger partial charge in [0, 0.05) is 13.6 Å². The highest BCUT2D eigenvalue weighted by molar-refractivity contribution is 7.86. The highest BCUT2D eigenvalue weighted by Crippen LogP contribution is 2.22. The first-order valence-corrected chi connectivity index (χ1v) is 5.77. The van der Waals surface area contributed by atoms with Crippen molar-refractivity contribution in [1.29, 1.82) is 0 Å². The Kier molecular flexibility index (Phi) is 3.17. The Hall–Kier alpha value is -0.210. The van der Waals surface area contributed by atoms with Gasteiger partial charge in [-0.05, 0) is 13.8 Å². The first-order chi connectivity index (χ1) is 6.21. The SMILES string of the molecule is CN(CC1COC(C)(C)O1)S(N)(=O)=O. The van der Waals surface area contributed by atoms with Crippen molar-refractivity contribution in [2.24, 2.45) is 5.14 Å². The van der Waals surface area contributed by atoms with Gasteiger partial charge >= 0.3 is 0 Å². The maximum atomic E-state index is 10.9. The Morgan fingerprint density at radius 1 is 1.57 bits per heavy atom. The second kappa shape index (κ2) is 3.74. The molecular weight excluding hydrogens is 208 g/mol. The monoisotopic (exact) mass is 224 g/mol. The van der Waals surface area contributed by atoms with Crippen LogP contribution in [0.5, 0.6) is 0 Å². The van der Waals surface area contributed by atoms with E-state index in [9.17, 15) is 8.42 Å². The number of nitrogens with two attached hydrogens (primary N) is 1. The van der Waals surface area contributed by atoms with Gasteiger partial charge < -0.3 is 9.47 Å². The number of hydrogen-bond acceptors (Lipinski definition) is 4. The van der Waals surface area contributed by atoms with Crippen molar-refractivity contribution in [2.45, 2.75) is 25.7 Å². The number of rotatable bonds is 3. The van der Waals surface area contributed by atoms with E-state index in [1.807, 2.05) is 0 Å². The molecule has 0 spiro atoms. The fourth-order valence-electron chi connectivity index (χ4n) is 1.24. The molecule has 1 saturated heterocycles. The molecule has 2 N–H and O–H groups in total. The Morgan fingerprint density at radius 3 is 2.50 bits per heavy atom. The second-order valence-electron chi connectivity index (χ2n) is 3.78. The lowest BCUT2D eigenvalue weighted by atomic mass is 10.4. The van der Waals surface area contributed by atoms with Crippen LogP contribution in [0.3, 0.4) is 0 Å². The molecule has 1 heterocycles. The number of hydrogen-bond donors (Lipinski definition) is 1. The van der Waals surface area contributed by atoms with Crippen molar-refractivity contribution in [2.75, 3.05) is 20.2 Å². The van der Waals surface area contributed by atoms with Crippen LogP contribution < -0.4 is 5.14 Å². The average Bonchev–Trinajstić information content (AvgIpc) is 2.28. The highest BCUT2D eigenvalue weighted by Gasteiger charge is 2.34. The average molecular weight is 224 g/mol. The largest absolute Gasteiger partial charge is 0.348 e. The van der Waals surface area contributed by atoms with Crippen molar-refractivity contribution in [3.05, 3.63) is 0 Å². The van der Waals surface area contributed by atoms with E-state index >= 15 is 0 Å². The van der Waals surface area contributed by atoms with E-state index in [4.69, 9.17) is 14.6 Å². The first-order valence-electron chi connectivity index (χ1n) is 4.26. The molecule has 1 atom stereocenters. The van der Waals surface area contributed by atoms with Crippen LogP contribution in [0.1, 0.15) is 13.8 Å². The van der Waals surface area contributed by atoms with Gasteiger partial charge in [-0.3, -0.25) is 0 Å². The molecule has 1 unspecified atom stereocenters. The summed E-state index contributed by atoms with van der Waals surface area (Å²) in [5.74, 6) is -0.635. The fourth-order valence-corrected chi connectivity index (χ4v) is 1.62. The van der Waals surface area contributed by atoms with E-state index in [0.717, 1.165) is 4.31 Å². The zero-order valence-corrected chi connectivity index (χ0v) is 9.37. The van der Waals surface area contributed by atoms with Crippen LogP contribution in [0.15, 0.2) is 0 Å². The van der Waals surface area contributed by atoms with Crippen LogP contribution in [0, 0.1) is 0 Å². The van der Waals surface area contributed by atoms with Crippen molar-refractivity contribution in [3.63, 3.8) is 0 Å². The lowest BCUT2D eigenvalue weighted by Crippen LogP contribution is -2.39. The molecule has 0 saturated carbocycles. The normalized spacial score (nSPS) is 27.1. The molecule has 1 fully saturated rings. The summed E-state index contributed by atoms with van der Waals surface area (Å²) in [6.45, 7) is 4.16. The first kappa shape index (κ1) is 11.9. The maximum Gasteiger partial charge on any atom is 0.276 e. The molecule has 1 aliphatic rings. The van der Waals surface area contributed by atoms with Crippen LogP contribution in [0.2, 0.25) is 0 Å². The molecule has 84 valence electrons. The molecule has 0 aliphatic carbocycles. The molecule has 1 rings (SSSR count). The highest BCUT2D eigenvalue weighted by atomic mass is 32.2. The van der Waals surface area contributed by atoms with E-state index in [1.54, 1.807) is 13.8 Å². The summed E-state index contributed by atoms with van der Waals surface area (Å²) in [5, 5.41) is 4.93. The van der Waals surface area contributed by atoms with Crippen LogP contribution in [-0.2, 0) is 19.7 Å². The van der Waals surface area contributed by atoms with Gasteiger partial charge in [0.2, 0.25) is 0 Å². The van der Waals surface area contributed by atoms with Gasteiger partial charge in [0.1, 0.15) is 0 Å². The molecule has 7 heteroatoms. The van der Waals surface area contributed by atoms with Gasteiger partial charge in [-0.15, -0.1) is 0 Å².